The molecule has 7 aliphatic rings. The van der Waals surface area contributed by atoms with Crippen LogP contribution in [0.1, 0.15) is 95.2 Å². The summed E-state index contributed by atoms with van der Waals surface area (Å²) in [5.41, 5.74) is 16.5. The van der Waals surface area contributed by atoms with E-state index in [9.17, 15) is 10.1 Å². The Balaban J connectivity index is 0.751. The molecule has 6 N–H and O–H groups in total. The van der Waals surface area contributed by atoms with Crippen molar-refractivity contribution < 1.29 is 23.4 Å². The number of ether oxygens (including phenoxy) is 3. The molecule has 6 aliphatic heterocycles. The first-order valence-corrected chi connectivity index (χ1v) is 24.1. The third kappa shape index (κ3) is 9.76. The number of amides is 1. The van der Waals surface area contributed by atoms with Crippen LogP contribution < -0.4 is 41.8 Å². The molecule has 1 aliphatic carbocycles. The molecule has 63 heavy (non-hydrogen) atoms. The number of nitrogens with zero attached hydrogens (tertiary/aromatic N) is 4. The fourth-order valence-electron chi connectivity index (χ4n) is 10.6. The van der Waals surface area contributed by atoms with Crippen LogP contribution in [0.3, 0.4) is 0 Å². The summed E-state index contributed by atoms with van der Waals surface area (Å²) in [4.78, 5) is 23.7. The Kier molecular flexibility index (Phi) is 13.9. The summed E-state index contributed by atoms with van der Waals surface area (Å²) in [5.74, 6) is 8.29. The van der Waals surface area contributed by atoms with Crippen molar-refractivity contribution in [3.8, 4) is 29.4 Å². The molecule has 10 atom stereocenters. The number of halogens is 1. The number of likely N-dealkylation sites (tertiary alicyclic amines) is 1. The number of benzene rings is 2. The van der Waals surface area contributed by atoms with E-state index in [4.69, 9.17) is 19.2 Å². The van der Waals surface area contributed by atoms with Crippen molar-refractivity contribution >= 4 is 23.4 Å². The van der Waals surface area contributed by atoms with Gasteiger partial charge in [0, 0.05) is 61.0 Å². The Labute approximate surface area is 375 Å². The molecule has 0 aromatic heterocycles. The highest BCUT2D eigenvalue weighted by atomic mass is 32.2. The van der Waals surface area contributed by atoms with E-state index < -0.39 is 0 Å². The average molecular weight is 883 g/mol. The lowest BCUT2D eigenvalue weighted by atomic mass is 9.84. The summed E-state index contributed by atoms with van der Waals surface area (Å²) in [6.45, 7) is 10.1. The quantitative estimate of drug-likeness (QED) is 0.200. The Morgan fingerprint density at radius 3 is 2.52 bits per heavy atom. The van der Waals surface area contributed by atoms with E-state index in [1.54, 1.807) is 31.4 Å². The predicted octanol–water partition coefficient (Wildman–Crippen LogP) is 4.16. The maximum absolute atomic E-state index is 16.1. The van der Waals surface area contributed by atoms with Gasteiger partial charge in [0.15, 0.2) is 0 Å². The van der Waals surface area contributed by atoms with E-state index >= 15 is 4.39 Å². The molecule has 14 nitrogen and oxygen atoms in total. The summed E-state index contributed by atoms with van der Waals surface area (Å²) >= 11 is 2.01. The Hall–Kier alpha value is -3.81. The number of thioether (sulfide) groups is 1. The molecule has 1 amide bonds. The van der Waals surface area contributed by atoms with Gasteiger partial charge in [-0.3, -0.25) is 24.9 Å². The molecule has 0 spiro atoms. The van der Waals surface area contributed by atoms with Gasteiger partial charge >= 0.3 is 0 Å². The van der Waals surface area contributed by atoms with Crippen LogP contribution in [-0.4, -0.2) is 114 Å². The molecule has 16 heteroatoms. The fraction of sp³-hybridized carbons (Fsp3) is 0.638. The largest absolute Gasteiger partial charge is 0.495 e. The molecule has 2 aromatic carbocycles. The number of nitriles is 1. The van der Waals surface area contributed by atoms with Gasteiger partial charge in [0.25, 0.3) is 0 Å². The maximum atomic E-state index is 16.1. The number of aliphatic imine (C=N–C) groups is 1. The van der Waals surface area contributed by atoms with Crippen LogP contribution in [0.2, 0.25) is 0 Å². The van der Waals surface area contributed by atoms with Crippen molar-refractivity contribution in [2.45, 2.75) is 138 Å². The molecule has 1 saturated carbocycles. The van der Waals surface area contributed by atoms with Crippen LogP contribution in [0, 0.1) is 46.7 Å². The Morgan fingerprint density at radius 1 is 1.00 bits per heavy atom. The highest BCUT2D eigenvalue weighted by Gasteiger charge is 2.53. The molecule has 338 valence electrons. The first-order chi connectivity index (χ1) is 30.6. The third-order valence-electron chi connectivity index (χ3n) is 14.4. The van der Waals surface area contributed by atoms with Crippen molar-refractivity contribution in [1.82, 2.24) is 42.1 Å². The van der Waals surface area contributed by atoms with E-state index in [0.717, 1.165) is 88.7 Å². The minimum Gasteiger partial charge on any atom is -0.495 e. The molecule has 5 saturated heterocycles. The van der Waals surface area contributed by atoms with Gasteiger partial charge in [-0.1, -0.05) is 31.8 Å². The molecule has 6 heterocycles. The van der Waals surface area contributed by atoms with Gasteiger partial charge in [-0.15, -0.1) is 11.8 Å². The van der Waals surface area contributed by atoms with E-state index in [-0.39, 0.29) is 77.9 Å². The number of hydrogen-bond acceptors (Lipinski definition) is 14. The van der Waals surface area contributed by atoms with Gasteiger partial charge in [-0.25, -0.2) is 26.1 Å². The number of carbonyl (C=O) groups is 1. The van der Waals surface area contributed by atoms with Crippen molar-refractivity contribution in [1.29, 1.82) is 5.26 Å². The summed E-state index contributed by atoms with van der Waals surface area (Å²) in [5, 5.41) is 16.7. The van der Waals surface area contributed by atoms with E-state index in [1.807, 2.05) is 23.9 Å². The van der Waals surface area contributed by atoms with Gasteiger partial charge in [0.2, 0.25) is 5.91 Å². The van der Waals surface area contributed by atoms with Crippen molar-refractivity contribution in [3.05, 3.63) is 58.9 Å². The third-order valence-corrected chi connectivity index (χ3v) is 16.1. The molecule has 6 fully saturated rings. The summed E-state index contributed by atoms with van der Waals surface area (Å²) in [6, 6.07) is 12.7. The number of rotatable bonds is 9. The Bertz CT molecular complexity index is 2080. The molecule has 0 bridgehead atoms. The first-order valence-electron chi connectivity index (χ1n) is 23.1. The second kappa shape index (κ2) is 19.7. The monoisotopic (exact) mass is 882 g/mol. The number of methoxy groups -OCH3 is 1. The van der Waals surface area contributed by atoms with Gasteiger partial charge in [0.05, 0.1) is 60.9 Å². The molecule has 9 rings (SSSR count). The second-order valence-electron chi connectivity index (χ2n) is 18.4. The summed E-state index contributed by atoms with van der Waals surface area (Å²) in [6.07, 6.45) is 7.85. The number of fused-ring (bicyclic) bond motifs is 3. The standard InChI is InChI=1S/C47H63FN10O4S/c1-27-28(2)63-47-43(27)44(52-39(25-42-50-19-22-61-42)45-56-53-29(3)58(45)47)32-8-7-31(37(48)23-32)6-5-30-17-20-57(21-18-30)41-16-15-38(54-55-41)46(59)51-34-10-13-35(14-11-34)62-36-12-9-33(26-49)40(24-36)60-4/h7-9,12,23-24,27-30,34-35,38-39,41-43,45,47,50,53-56H,10-11,13-22,25H2,1-4H3,(H,51,59). The van der Waals surface area contributed by atoms with Crippen LogP contribution >= 0.6 is 11.8 Å². The zero-order valence-corrected chi connectivity index (χ0v) is 37.7. The van der Waals surface area contributed by atoms with Crippen LogP contribution in [0.15, 0.2) is 41.4 Å². The lowest BCUT2D eigenvalue weighted by molar-refractivity contribution is -0.125. The minimum absolute atomic E-state index is 0.00830. The van der Waals surface area contributed by atoms with Crippen LogP contribution in [0.4, 0.5) is 4.39 Å². The molecule has 10 unspecified atom stereocenters. The predicted molar refractivity (Wildman–Crippen MR) is 241 cm³/mol. The van der Waals surface area contributed by atoms with E-state index in [0.29, 0.717) is 40.4 Å². The summed E-state index contributed by atoms with van der Waals surface area (Å²) < 4.78 is 33.6. The topological polar surface area (TPSA) is 160 Å². The van der Waals surface area contributed by atoms with Crippen molar-refractivity contribution in [2.24, 2.45) is 22.7 Å². The second-order valence-corrected chi connectivity index (χ2v) is 19.9. The number of piperidine rings is 1. The smallest absolute Gasteiger partial charge is 0.238 e. The van der Waals surface area contributed by atoms with E-state index in [1.165, 1.54) is 0 Å². The normalized spacial score (nSPS) is 35.0. The van der Waals surface area contributed by atoms with Gasteiger partial charge in [0.1, 0.15) is 35.7 Å². The highest BCUT2D eigenvalue weighted by molar-refractivity contribution is 8.00. The van der Waals surface area contributed by atoms with Crippen LogP contribution in [0.25, 0.3) is 0 Å². The maximum Gasteiger partial charge on any atom is 0.238 e. The highest BCUT2D eigenvalue weighted by Crippen LogP contribution is 2.49. The number of carbonyl (C=O) groups excluding carboxylic acids is 1. The first kappa shape index (κ1) is 44.4. The lowest BCUT2D eigenvalue weighted by Gasteiger charge is -2.41. The zero-order valence-electron chi connectivity index (χ0n) is 36.9. The molecule has 0 radical (unpaired) electrons. The molecular formula is C47H63FN10O4S. The summed E-state index contributed by atoms with van der Waals surface area (Å²) in [7, 11) is 1.55. The van der Waals surface area contributed by atoms with Crippen molar-refractivity contribution in [3.63, 3.8) is 0 Å². The van der Waals surface area contributed by atoms with E-state index in [2.05, 4.69) is 80.8 Å². The number of nitrogens with one attached hydrogen (secondary N) is 6. The number of hydrazine groups is 2. The fourth-order valence-corrected chi connectivity index (χ4v) is 12.5. The van der Waals surface area contributed by atoms with Gasteiger partial charge in [-0.2, -0.15) is 5.26 Å². The minimum atomic E-state index is -0.294. The zero-order chi connectivity index (χ0) is 43.6. The Morgan fingerprint density at radius 2 is 1.81 bits per heavy atom. The average Bonchev–Trinajstić information content (AvgIpc) is 4.02. The number of hydrogen-bond donors (Lipinski definition) is 6. The SMILES string of the molecule is COc1cc(OC2CCC(NC(=O)C3CCC(N4CCC(C#Cc5ccc(C6=NC(CC7NCCO7)C7NNC(C)N7C7SC(C)C(C)C67)cc5F)CC4)NN3)CC2)ccc1C#N. The molecular weight excluding hydrogens is 820 g/mol. The van der Waals surface area contributed by atoms with Gasteiger partial charge in [-0.05, 0) is 94.0 Å². The van der Waals surface area contributed by atoms with Crippen LogP contribution in [0.5, 0.6) is 11.5 Å². The van der Waals surface area contributed by atoms with Crippen molar-refractivity contribution in [2.75, 3.05) is 33.4 Å². The molecule has 2 aromatic rings. The van der Waals surface area contributed by atoms with Gasteiger partial charge < -0.3 is 19.5 Å². The van der Waals surface area contributed by atoms with Crippen LogP contribution in [-0.2, 0) is 9.53 Å². The lowest BCUT2D eigenvalue weighted by Crippen LogP contribution is -2.63.